The zero-order valence-corrected chi connectivity index (χ0v) is 26.4. The Kier molecular flexibility index (Phi) is 18.1. The van der Waals surface area contributed by atoms with Gasteiger partial charge in [-0.25, -0.2) is 9.59 Å². The zero-order chi connectivity index (χ0) is 30.5. The fourth-order valence-electron chi connectivity index (χ4n) is 2.48. The summed E-state index contributed by atoms with van der Waals surface area (Å²) in [6, 6.07) is -1.82. The predicted molar refractivity (Wildman–Crippen MR) is 149 cm³/mol. The third kappa shape index (κ3) is 26.9. The highest BCUT2D eigenvalue weighted by atomic mass is 35.5. The van der Waals surface area contributed by atoms with Crippen LogP contribution in [0, 0.1) is 0 Å². The van der Waals surface area contributed by atoms with E-state index in [9.17, 15) is 24.0 Å². The van der Waals surface area contributed by atoms with Gasteiger partial charge < -0.3 is 24.7 Å². The second kappa shape index (κ2) is 17.3. The molecule has 0 aromatic heterocycles. The lowest BCUT2D eigenvalue weighted by atomic mass is 10.1. The minimum Gasteiger partial charge on any atom is -0.460 e. The van der Waals surface area contributed by atoms with Gasteiger partial charge in [-0.15, -0.1) is 12.4 Å². The summed E-state index contributed by atoms with van der Waals surface area (Å²) in [6.45, 7) is 21.1. The Hall–Kier alpha value is -2.49. The largest absolute Gasteiger partial charge is 0.460 e. The molecule has 0 heterocycles. The van der Waals surface area contributed by atoms with E-state index in [0.29, 0.717) is 0 Å². The summed E-state index contributed by atoms with van der Waals surface area (Å²) in [6.07, 6.45) is 1.70. The van der Waals surface area contributed by atoms with E-state index in [1.807, 2.05) is 0 Å². The number of nitrogens with two attached hydrogens (primary N) is 1. The molecule has 0 aliphatic heterocycles. The average Bonchev–Trinajstić information content (AvgIpc) is 2.64. The van der Waals surface area contributed by atoms with E-state index in [4.69, 9.17) is 24.7 Å². The first-order valence-corrected chi connectivity index (χ1v) is 12.6. The summed E-state index contributed by atoms with van der Waals surface area (Å²) < 4.78 is 20.5. The molecule has 0 aliphatic rings. The van der Waals surface area contributed by atoms with Crippen LogP contribution in [0.4, 0.5) is 0 Å². The van der Waals surface area contributed by atoms with Crippen LogP contribution in [0.3, 0.4) is 0 Å². The first-order valence-electron chi connectivity index (χ1n) is 12.6. The summed E-state index contributed by atoms with van der Waals surface area (Å²) in [5.74, 6) is -1.95. The smallest absolute Gasteiger partial charge is 0.332 e. The van der Waals surface area contributed by atoms with E-state index < -0.39 is 52.4 Å². The minimum atomic E-state index is -1.03. The minimum absolute atomic E-state index is 0. The van der Waals surface area contributed by atoms with Gasteiger partial charge in [0.1, 0.15) is 28.4 Å². The molecule has 0 radical (unpaired) electrons. The van der Waals surface area contributed by atoms with Crippen molar-refractivity contribution in [1.29, 1.82) is 0 Å². The van der Waals surface area contributed by atoms with Gasteiger partial charge in [0.25, 0.3) is 0 Å². The highest BCUT2D eigenvalue weighted by Gasteiger charge is 2.27. The molecule has 0 rings (SSSR count). The summed E-state index contributed by atoms with van der Waals surface area (Å²) in [5, 5.41) is 0. The molecule has 0 spiro atoms. The topological polar surface area (TPSA) is 161 Å². The summed E-state index contributed by atoms with van der Waals surface area (Å²) in [4.78, 5) is 60.1. The van der Waals surface area contributed by atoms with Crippen molar-refractivity contribution in [2.75, 3.05) is 0 Å². The SMILES string of the molecule is CC(C)(C)OC(=O)CC[C@H](N)C(=O)OC(C)(C)C.CC(C)(C)OC(=O)CC[C@H](N=C=O)C(=O)OC(C)(C)C.Cl. The van der Waals surface area contributed by atoms with Gasteiger partial charge in [0.05, 0.1) is 0 Å². The Labute approximate surface area is 239 Å². The number of rotatable bonds is 9. The Balaban J connectivity index is -0.000000651. The van der Waals surface area contributed by atoms with E-state index in [1.54, 1.807) is 83.1 Å². The maximum absolute atomic E-state index is 11.8. The molecule has 2 N–H and O–H groups in total. The number of ether oxygens (including phenoxy) is 4. The van der Waals surface area contributed by atoms with E-state index in [2.05, 4.69) is 4.99 Å². The fourth-order valence-corrected chi connectivity index (χ4v) is 2.48. The normalized spacial score (nSPS) is 13.2. The van der Waals surface area contributed by atoms with Gasteiger partial charge in [-0.05, 0) is 95.9 Å². The molecule has 0 aromatic rings. The van der Waals surface area contributed by atoms with Crippen LogP contribution < -0.4 is 5.73 Å². The number of aliphatic imine (C=N–C) groups is 1. The van der Waals surface area contributed by atoms with Crippen molar-refractivity contribution in [3.63, 3.8) is 0 Å². The lowest BCUT2D eigenvalue weighted by Gasteiger charge is -2.22. The molecule has 2 atom stereocenters. The van der Waals surface area contributed by atoms with Crippen LogP contribution in [0.5, 0.6) is 0 Å². The number of esters is 4. The number of hydrogen-bond donors (Lipinski definition) is 1. The van der Waals surface area contributed by atoms with E-state index in [0.717, 1.165) is 0 Å². The Morgan fingerprint density at radius 1 is 0.641 bits per heavy atom. The van der Waals surface area contributed by atoms with Gasteiger partial charge in [-0.1, -0.05) is 0 Å². The van der Waals surface area contributed by atoms with Gasteiger partial charge in [0.15, 0.2) is 6.04 Å². The fraction of sp³-hybridized carbons (Fsp3) is 0.815. The summed E-state index contributed by atoms with van der Waals surface area (Å²) in [5.41, 5.74) is 3.29. The quantitative estimate of drug-likeness (QED) is 0.179. The maximum atomic E-state index is 11.8. The van der Waals surface area contributed by atoms with Crippen molar-refractivity contribution in [2.24, 2.45) is 10.7 Å². The molecule has 0 aromatic carbocycles. The molecule has 11 nitrogen and oxygen atoms in total. The second-order valence-electron chi connectivity index (χ2n) is 12.7. The van der Waals surface area contributed by atoms with Gasteiger partial charge >= 0.3 is 23.9 Å². The molecular formula is C27H49ClN2O9. The molecule has 0 unspecified atom stereocenters. The van der Waals surface area contributed by atoms with E-state index in [-0.39, 0.29) is 44.1 Å². The number of isocyanates is 1. The van der Waals surface area contributed by atoms with Gasteiger partial charge in [0, 0.05) is 12.8 Å². The second-order valence-corrected chi connectivity index (χ2v) is 12.7. The standard InChI is InChI=1S/C14H23NO5.C13H25NO4.ClH/c1-13(2,3)19-11(17)8-7-10(15-9-16)12(18)20-14(4,5)6;1-12(2,3)17-10(15)8-7-9(14)11(16)18-13(4,5)6;/h10H,7-8H2,1-6H3;9H,7-8,14H2,1-6H3;1H/t10-;9-;/m00./s1. The Morgan fingerprint density at radius 3 is 1.31 bits per heavy atom. The van der Waals surface area contributed by atoms with Gasteiger partial charge in [-0.3, -0.25) is 14.4 Å². The molecule has 12 heteroatoms. The number of hydrogen-bond acceptors (Lipinski definition) is 11. The first kappa shape index (κ1) is 41.0. The zero-order valence-electron chi connectivity index (χ0n) is 25.6. The van der Waals surface area contributed by atoms with Crippen LogP contribution in [0.1, 0.15) is 109 Å². The third-order valence-corrected chi connectivity index (χ3v) is 3.72. The van der Waals surface area contributed by atoms with Gasteiger partial charge in [-0.2, -0.15) is 4.99 Å². The number of nitrogens with zero attached hydrogens (tertiary/aromatic N) is 1. The molecule has 0 saturated heterocycles. The molecule has 39 heavy (non-hydrogen) atoms. The first-order chi connectivity index (χ1) is 16.8. The predicted octanol–water partition coefficient (Wildman–Crippen LogP) is 4.35. The van der Waals surface area contributed by atoms with Crippen molar-refractivity contribution in [2.45, 2.75) is 143 Å². The average molecular weight is 581 g/mol. The van der Waals surface area contributed by atoms with Crippen LogP contribution in [0.15, 0.2) is 4.99 Å². The van der Waals surface area contributed by atoms with E-state index in [1.165, 1.54) is 6.08 Å². The number of carbonyl (C=O) groups is 4. The molecule has 0 amide bonds. The van der Waals surface area contributed by atoms with Crippen LogP contribution in [-0.2, 0) is 42.9 Å². The highest BCUT2D eigenvalue weighted by molar-refractivity contribution is 5.85. The van der Waals surface area contributed by atoms with Crippen molar-refractivity contribution < 1.29 is 42.9 Å². The van der Waals surface area contributed by atoms with Crippen LogP contribution >= 0.6 is 12.4 Å². The molecule has 0 bridgehead atoms. The summed E-state index contributed by atoms with van der Waals surface area (Å²) >= 11 is 0. The summed E-state index contributed by atoms with van der Waals surface area (Å²) in [7, 11) is 0. The Morgan fingerprint density at radius 2 is 0.974 bits per heavy atom. The Bertz CT molecular complexity index is 841. The molecule has 0 saturated carbocycles. The van der Waals surface area contributed by atoms with Crippen LogP contribution in [0.2, 0.25) is 0 Å². The van der Waals surface area contributed by atoms with Crippen LogP contribution in [0.25, 0.3) is 0 Å². The highest BCUT2D eigenvalue weighted by Crippen LogP contribution is 2.15. The van der Waals surface area contributed by atoms with E-state index >= 15 is 0 Å². The van der Waals surface area contributed by atoms with Crippen molar-refractivity contribution in [3.8, 4) is 0 Å². The number of carbonyl (C=O) groups excluding carboxylic acids is 5. The van der Waals surface area contributed by atoms with Crippen molar-refractivity contribution in [3.05, 3.63) is 0 Å². The lowest BCUT2D eigenvalue weighted by Crippen LogP contribution is -2.38. The molecular weight excluding hydrogens is 532 g/mol. The van der Waals surface area contributed by atoms with Crippen molar-refractivity contribution >= 4 is 42.4 Å². The molecule has 228 valence electrons. The third-order valence-electron chi connectivity index (χ3n) is 3.72. The monoisotopic (exact) mass is 580 g/mol. The lowest BCUT2D eigenvalue weighted by molar-refractivity contribution is -0.160. The van der Waals surface area contributed by atoms with Gasteiger partial charge in [0.2, 0.25) is 6.08 Å². The number of halogens is 1. The maximum Gasteiger partial charge on any atom is 0.332 e. The van der Waals surface area contributed by atoms with Crippen molar-refractivity contribution in [1.82, 2.24) is 0 Å². The molecule has 0 fully saturated rings. The molecule has 0 aliphatic carbocycles. The van der Waals surface area contributed by atoms with Crippen LogP contribution in [-0.4, -0.2) is 64.4 Å².